The predicted octanol–water partition coefficient (Wildman–Crippen LogP) is 2.09. The lowest BCUT2D eigenvalue weighted by Gasteiger charge is -2.47. The van der Waals surface area contributed by atoms with E-state index in [4.69, 9.17) is 0 Å². The monoisotopic (exact) mass is 307 g/mol. The second-order valence-electron chi connectivity index (χ2n) is 7.68. The van der Waals surface area contributed by atoms with Crippen molar-refractivity contribution in [3.8, 4) is 0 Å². The van der Waals surface area contributed by atoms with Gasteiger partial charge in [-0.25, -0.2) is 0 Å². The highest BCUT2D eigenvalue weighted by Gasteiger charge is 2.45. The third-order valence-electron chi connectivity index (χ3n) is 5.33. The number of hydrogen-bond donors (Lipinski definition) is 1. The van der Waals surface area contributed by atoms with E-state index >= 15 is 0 Å². The molecule has 1 aliphatic carbocycles. The van der Waals surface area contributed by atoms with E-state index in [-0.39, 0.29) is 4.48 Å². The van der Waals surface area contributed by atoms with Crippen LogP contribution < -0.4 is 5.11 Å². The van der Waals surface area contributed by atoms with Crippen molar-refractivity contribution in [2.75, 3.05) is 13.1 Å². The fourth-order valence-corrected chi connectivity index (χ4v) is 3.51. The average molecular weight is 307 g/mol. The van der Waals surface area contributed by atoms with E-state index in [2.05, 4.69) is 0 Å². The van der Waals surface area contributed by atoms with Gasteiger partial charge in [0, 0.05) is 12.8 Å². The van der Waals surface area contributed by atoms with Gasteiger partial charge in [0.1, 0.15) is 0 Å². The predicted molar refractivity (Wildman–Crippen MR) is 80.9 cm³/mol. The molecule has 5 nitrogen and oxygen atoms in total. The molecule has 0 saturated carbocycles. The van der Waals surface area contributed by atoms with Crippen molar-refractivity contribution in [1.82, 2.24) is 0 Å². The molecule has 1 fully saturated rings. The van der Waals surface area contributed by atoms with Gasteiger partial charge in [0.05, 0.1) is 24.0 Å². The molecule has 5 heteroatoms. The molecule has 0 radical (unpaired) electrons. The first-order valence-corrected chi connectivity index (χ1v) is 7.75. The molecule has 0 aromatic heterocycles. The summed E-state index contributed by atoms with van der Waals surface area (Å²) in [7, 11) is 0. The van der Waals surface area contributed by atoms with Crippen LogP contribution in [0.5, 0.6) is 0 Å². The van der Waals surface area contributed by atoms with Crippen LogP contribution in [0.4, 0.5) is 4.79 Å². The van der Waals surface area contributed by atoms with Crippen LogP contribution in [-0.2, 0) is 4.79 Å². The molecule has 0 aromatic rings. The second kappa shape index (κ2) is 5.23. The van der Waals surface area contributed by atoms with E-state index in [1.54, 1.807) is 6.92 Å². The summed E-state index contributed by atoms with van der Waals surface area (Å²) < 4.78 is -0.0918. The van der Waals surface area contributed by atoms with Crippen LogP contribution in [0.2, 0.25) is 0 Å². The normalized spacial score (nSPS) is 32.4. The Morgan fingerprint density at radius 2 is 1.77 bits per heavy atom. The smallest absolute Gasteiger partial charge is 0.313 e. The highest BCUT2D eigenvalue weighted by Crippen LogP contribution is 2.40. The Labute approximate surface area is 131 Å². The zero-order valence-electron chi connectivity index (χ0n) is 13.8. The highest BCUT2D eigenvalue weighted by atomic mass is 16.4. The van der Waals surface area contributed by atoms with E-state index in [1.807, 2.05) is 32.9 Å². The standard InChI is InChI=1S/C17H25NO4/c1-16(2,3)18(15(21)22)9-6-12-5-8-17(4,14(19)20)11-13(12)7-10-18/h5,11H,6-10H2,1-4H3,(H-,19,20,21,22). The van der Waals surface area contributed by atoms with Gasteiger partial charge < -0.3 is 15.0 Å². The van der Waals surface area contributed by atoms with Crippen LogP contribution in [0.25, 0.3) is 0 Å². The summed E-state index contributed by atoms with van der Waals surface area (Å²) in [6.45, 7) is 8.39. The van der Waals surface area contributed by atoms with Crippen LogP contribution in [0.3, 0.4) is 0 Å². The molecule has 0 aromatic carbocycles. The molecule has 122 valence electrons. The molecule has 1 aliphatic heterocycles. The van der Waals surface area contributed by atoms with E-state index in [0.717, 1.165) is 11.1 Å². The van der Waals surface area contributed by atoms with Crippen molar-refractivity contribution < 1.29 is 24.3 Å². The maximum atomic E-state index is 11.8. The lowest BCUT2D eigenvalue weighted by Crippen LogP contribution is -2.68. The molecule has 0 spiro atoms. The zero-order valence-corrected chi connectivity index (χ0v) is 13.8. The Hall–Kier alpha value is -1.62. The molecule has 1 saturated heterocycles. The van der Waals surface area contributed by atoms with Gasteiger partial charge in [-0.2, -0.15) is 0 Å². The van der Waals surface area contributed by atoms with Gasteiger partial charge in [-0.1, -0.05) is 12.2 Å². The zero-order chi connectivity index (χ0) is 16.8. The highest BCUT2D eigenvalue weighted by molar-refractivity contribution is 5.78. The molecule has 2 aliphatic rings. The van der Waals surface area contributed by atoms with E-state index in [9.17, 15) is 19.8 Å². The number of carbonyl (C=O) groups excluding carboxylic acids is 1. The molecule has 1 N–H and O–H groups in total. The largest absolute Gasteiger partial charge is 0.498 e. The summed E-state index contributed by atoms with van der Waals surface area (Å²) >= 11 is 0. The van der Waals surface area contributed by atoms with E-state index in [0.29, 0.717) is 32.4 Å². The Morgan fingerprint density at radius 3 is 2.23 bits per heavy atom. The topological polar surface area (TPSA) is 77.4 Å². The molecule has 2 atom stereocenters. The van der Waals surface area contributed by atoms with Gasteiger partial charge in [0.15, 0.2) is 0 Å². The fraction of sp³-hybridized carbons (Fsp3) is 0.647. The Kier molecular flexibility index (Phi) is 3.98. The molecular weight excluding hydrogens is 282 g/mol. The van der Waals surface area contributed by atoms with Gasteiger partial charge in [-0.15, -0.1) is 0 Å². The van der Waals surface area contributed by atoms with E-state index in [1.165, 1.54) is 0 Å². The lowest BCUT2D eigenvalue weighted by molar-refractivity contribution is -0.918. The number of nitrogens with zero attached hydrogens (tertiary/aromatic N) is 1. The number of likely N-dealkylation sites (tertiary alicyclic amines) is 1. The van der Waals surface area contributed by atoms with Gasteiger partial charge in [-0.3, -0.25) is 9.28 Å². The third-order valence-corrected chi connectivity index (χ3v) is 5.33. The number of allylic oxidation sites excluding steroid dienone is 1. The Morgan fingerprint density at radius 1 is 1.23 bits per heavy atom. The number of amides is 1. The molecule has 0 bridgehead atoms. The Balaban J connectivity index is 2.38. The van der Waals surface area contributed by atoms with Gasteiger partial charge in [0.25, 0.3) is 6.09 Å². The fourth-order valence-electron chi connectivity index (χ4n) is 3.51. The number of carbonyl (C=O) groups is 2. The molecule has 1 heterocycles. The summed E-state index contributed by atoms with van der Waals surface area (Å²) in [4.78, 5) is 23.3. The molecule has 1 amide bonds. The summed E-state index contributed by atoms with van der Waals surface area (Å²) in [6, 6.07) is 0. The summed E-state index contributed by atoms with van der Waals surface area (Å²) in [6.07, 6.45) is 4.42. The van der Waals surface area contributed by atoms with Crippen LogP contribution in [0.15, 0.2) is 23.3 Å². The van der Waals surface area contributed by atoms with Crippen molar-refractivity contribution in [2.24, 2.45) is 5.41 Å². The second-order valence-corrected chi connectivity index (χ2v) is 7.68. The SMILES string of the molecule is CC1(C(=O)O)C=C2CC[N+](C(=O)[O-])(C(C)(C)C)CCC2=CC1. The minimum atomic E-state index is -1.05. The summed E-state index contributed by atoms with van der Waals surface area (Å²) in [5, 5.41) is 21.2. The lowest BCUT2D eigenvalue weighted by atomic mass is 9.77. The first-order chi connectivity index (χ1) is 10.0. The molecule has 2 unspecified atom stereocenters. The minimum absolute atomic E-state index is 0.0918. The van der Waals surface area contributed by atoms with Gasteiger partial charge in [-0.05, 0) is 45.3 Å². The molecule has 22 heavy (non-hydrogen) atoms. The quantitative estimate of drug-likeness (QED) is 0.752. The van der Waals surface area contributed by atoms with Crippen LogP contribution in [0, 0.1) is 5.41 Å². The number of rotatable bonds is 1. The van der Waals surface area contributed by atoms with Gasteiger partial charge >= 0.3 is 5.97 Å². The van der Waals surface area contributed by atoms with Crippen molar-refractivity contribution in [1.29, 1.82) is 0 Å². The first-order valence-electron chi connectivity index (χ1n) is 7.75. The number of hydrogen-bond acceptors (Lipinski definition) is 3. The maximum Gasteiger partial charge on any atom is 0.313 e. The molecular formula is C17H25NO4. The van der Waals surface area contributed by atoms with Gasteiger partial charge in [0.2, 0.25) is 0 Å². The van der Waals surface area contributed by atoms with E-state index < -0.39 is 23.0 Å². The Bertz CT molecular complexity index is 570. The minimum Gasteiger partial charge on any atom is -0.498 e. The van der Waals surface area contributed by atoms with Crippen LogP contribution in [-0.4, -0.2) is 40.3 Å². The van der Waals surface area contributed by atoms with Crippen molar-refractivity contribution in [2.45, 2.75) is 52.5 Å². The molecule has 2 rings (SSSR count). The summed E-state index contributed by atoms with van der Waals surface area (Å²) in [5.41, 5.74) is 0.747. The van der Waals surface area contributed by atoms with Crippen molar-refractivity contribution >= 4 is 12.1 Å². The maximum absolute atomic E-state index is 11.8. The average Bonchev–Trinajstić information content (AvgIpc) is 2.57. The third kappa shape index (κ3) is 2.58. The number of aliphatic carboxylic acids is 1. The number of carboxylic acids is 1. The van der Waals surface area contributed by atoms with Crippen LogP contribution in [0.1, 0.15) is 47.0 Å². The van der Waals surface area contributed by atoms with Crippen molar-refractivity contribution in [3.05, 3.63) is 23.3 Å². The first kappa shape index (κ1) is 16.7. The van der Waals surface area contributed by atoms with Crippen molar-refractivity contribution in [3.63, 3.8) is 0 Å². The number of fused-ring (bicyclic) bond motifs is 1. The number of carboxylic acid groups (broad SMARTS) is 2. The van der Waals surface area contributed by atoms with Crippen LogP contribution >= 0.6 is 0 Å². The summed E-state index contributed by atoms with van der Waals surface area (Å²) in [5.74, 6) is -0.837. The number of quaternary nitrogens is 1.